The molecule has 0 saturated carbocycles. The van der Waals surface area contributed by atoms with Gasteiger partial charge in [0.25, 0.3) is 0 Å². The van der Waals surface area contributed by atoms with Gasteiger partial charge in [0.1, 0.15) is 5.01 Å². The highest BCUT2D eigenvalue weighted by atomic mass is 32.2. The van der Waals surface area contributed by atoms with E-state index >= 15 is 0 Å². The number of thiazole rings is 1. The van der Waals surface area contributed by atoms with E-state index in [9.17, 15) is 0 Å². The lowest BCUT2D eigenvalue weighted by molar-refractivity contribution is 1.20. The minimum Gasteiger partial charge on any atom is -0.359 e. The Labute approximate surface area is 80.1 Å². The Bertz CT molecular complexity index is 356. The van der Waals surface area contributed by atoms with Crippen LogP contribution in [0.4, 0.5) is 0 Å². The molecule has 0 atom stereocenters. The van der Waals surface area contributed by atoms with Crippen LogP contribution in [0.3, 0.4) is 0 Å². The minimum atomic E-state index is 0.986. The number of aryl methyl sites for hydroxylation is 1. The number of hydrogen-bond donors (Lipinski definition) is 2. The molecule has 2 aromatic heterocycles. The van der Waals surface area contributed by atoms with Crippen LogP contribution in [0.25, 0.3) is 10.7 Å². The van der Waals surface area contributed by atoms with Crippen LogP contribution in [0.5, 0.6) is 0 Å². The third-order valence-corrected chi connectivity index (χ3v) is 3.19. The zero-order valence-electron chi connectivity index (χ0n) is 6.53. The summed E-state index contributed by atoms with van der Waals surface area (Å²) < 4.78 is 0.986. The maximum atomic E-state index is 4.36. The smallest absolute Gasteiger partial charge is 0.141 e. The summed E-state index contributed by atoms with van der Waals surface area (Å²) in [6.45, 7) is 1.96. The highest BCUT2D eigenvalue weighted by Crippen LogP contribution is 2.28. The van der Waals surface area contributed by atoms with Crippen molar-refractivity contribution in [3.63, 3.8) is 0 Å². The van der Waals surface area contributed by atoms with E-state index in [0.717, 1.165) is 20.6 Å². The van der Waals surface area contributed by atoms with Gasteiger partial charge in [-0.1, -0.05) is 0 Å². The van der Waals surface area contributed by atoms with Gasteiger partial charge in [-0.3, -0.25) is 0 Å². The molecule has 0 saturated heterocycles. The maximum Gasteiger partial charge on any atom is 0.141 e. The Kier molecular flexibility index (Phi) is 1.94. The summed E-state index contributed by atoms with van der Waals surface area (Å²) >= 11 is 5.89. The summed E-state index contributed by atoms with van der Waals surface area (Å²) in [6, 6.07) is 3.97. The van der Waals surface area contributed by atoms with Crippen molar-refractivity contribution in [1.29, 1.82) is 0 Å². The average molecular weight is 196 g/mol. The van der Waals surface area contributed by atoms with Gasteiger partial charge in [0, 0.05) is 6.20 Å². The van der Waals surface area contributed by atoms with Crippen molar-refractivity contribution < 1.29 is 0 Å². The Morgan fingerprint density at radius 3 is 2.92 bits per heavy atom. The number of aromatic nitrogens is 2. The molecule has 0 fully saturated rings. The molecule has 0 spiro atoms. The van der Waals surface area contributed by atoms with Crippen molar-refractivity contribution in [3.05, 3.63) is 24.0 Å². The van der Waals surface area contributed by atoms with Gasteiger partial charge in [-0.05, 0) is 19.1 Å². The Morgan fingerprint density at radius 2 is 2.42 bits per heavy atom. The molecule has 2 nitrogen and oxygen atoms in total. The fourth-order valence-electron chi connectivity index (χ4n) is 0.967. The topological polar surface area (TPSA) is 28.7 Å². The zero-order chi connectivity index (χ0) is 8.55. The summed E-state index contributed by atoms with van der Waals surface area (Å²) in [7, 11) is 0. The number of hydrogen-bond acceptors (Lipinski definition) is 3. The quantitative estimate of drug-likeness (QED) is 0.675. The normalized spacial score (nSPS) is 10.5. The third-order valence-electron chi connectivity index (χ3n) is 1.60. The molecule has 0 unspecified atom stereocenters. The fraction of sp³-hybridized carbons (Fsp3) is 0.125. The molecule has 0 aliphatic carbocycles. The monoisotopic (exact) mass is 196 g/mol. The molecule has 0 radical (unpaired) electrons. The van der Waals surface area contributed by atoms with E-state index in [1.54, 1.807) is 11.3 Å². The van der Waals surface area contributed by atoms with E-state index in [0.29, 0.717) is 0 Å². The predicted octanol–water partition coefficient (Wildman–Crippen LogP) is 2.74. The molecule has 62 valence electrons. The molecule has 0 amide bonds. The van der Waals surface area contributed by atoms with Gasteiger partial charge in [-0.25, -0.2) is 4.98 Å². The lowest BCUT2D eigenvalue weighted by atomic mass is 10.4. The summed E-state index contributed by atoms with van der Waals surface area (Å²) in [5.74, 6) is 0. The van der Waals surface area contributed by atoms with Gasteiger partial charge >= 0.3 is 0 Å². The van der Waals surface area contributed by atoms with Crippen LogP contribution in [0, 0.1) is 6.92 Å². The number of rotatable bonds is 1. The molecular weight excluding hydrogens is 188 g/mol. The molecule has 0 aliphatic heterocycles. The van der Waals surface area contributed by atoms with Gasteiger partial charge in [-0.15, -0.1) is 24.0 Å². The van der Waals surface area contributed by atoms with Crippen LogP contribution < -0.4 is 0 Å². The van der Waals surface area contributed by atoms with E-state index in [1.807, 2.05) is 25.3 Å². The predicted molar refractivity (Wildman–Crippen MR) is 53.9 cm³/mol. The van der Waals surface area contributed by atoms with E-state index in [-0.39, 0.29) is 0 Å². The molecule has 4 heteroatoms. The van der Waals surface area contributed by atoms with E-state index in [1.165, 1.54) is 0 Å². The van der Waals surface area contributed by atoms with Gasteiger partial charge < -0.3 is 4.98 Å². The molecule has 0 aromatic carbocycles. The van der Waals surface area contributed by atoms with Crippen LogP contribution in [0.15, 0.2) is 22.5 Å². The number of H-pyrrole nitrogens is 1. The van der Waals surface area contributed by atoms with Gasteiger partial charge in [0.2, 0.25) is 0 Å². The molecule has 0 bridgehead atoms. The second kappa shape index (κ2) is 2.95. The largest absolute Gasteiger partial charge is 0.359 e. The first-order valence-corrected chi connectivity index (χ1v) is 4.84. The highest BCUT2D eigenvalue weighted by molar-refractivity contribution is 7.83. The molecular formula is C8H8N2S2. The standard InChI is InChI=1S/C8H8N2S2/c1-5-8(11)12-7(10-5)6-3-2-4-9-6/h2-4,9,11H,1H3. The van der Waals surface area contributed by atoms with Crippen molar-refractivity contribution in [2.24, 2.45) is 0 Å². The summed E-state index contributed by atoms with van der Waals surface area (Å²) in [4.78, 5) is 7.47. The summed E-state index contributed by atoms with van der Waals surface area (Å²) in [5, 5.41) is 1.00. The Hall–Kier alpha value is -0.740. The van der Waals surface area contributed by atoms with Crippen molar-refractivity contribution in [2.75, 3.05) is 0 Å². The van der Waals surface area contributed by atoms with Crippen molar-refractivity contribution in [3.8, 4) is 10.7 Å². The van der Waals surface area contributed by atoms with Crippen LogP contribution >= 0.6 is 24.0 Å². The van der Waals surface area contributed by atoms with Gasteiger partial charge in [-0.2, -0.15) is 0 Å². The van der Waals surface area contributed by atoms with Crippen LogP contribution in [-0.4, -0.2) is 9.97 Å². The van der Waals surface area contributed by atoms with Crippen LogP contribution in [0.2, 0.25) is 0 Å². The third kappa shape index (κ3) is 1.28. The summed E-state index contributed by atoms with van der Waals surface area (Å²) in [6.07, 6.45) is 1.89. The second-order valence-corrected chi connectivity index (χ2v) is 4.24. The molecule has 2 rings (SSSR count). The van der Waals surface area contributed by atoms with Gasteiger partial charge in [0.05, 0.1) is 15.6 Å². The molecule has 2 aromatic rings. The Balaban J connectivity index is 2.48. The van der Waals surface area contributed by atoms with Crippen molar-refractivity contribution >= 4 is 24.0 Å². The number of nitrogens with one attached hydrogen (secondary N) is 1. The first-order chi connectivity index (χ1) is 5.77. The molecule has 2 heterocycles. The number of thiol groups is 1. The van der Waals surface area contributed by atoms with E-state index in [4.69, 9.17) is 0 Å². The van der Waals surface area contributed by atoms with Crippen LogP contribution in [-0.2, 0) is 0 Å². The van der Waals surface area contributed by atoms with Crippen molar-refractivity contribution in [2.45, 2.75) is 11.1 Å². The Morgan fingerprint density at radius 1 is 1.58 bits per heavy atom. The van der Waals surface area contributed by atoms with E-state index in [2.05, 4.69) is 22.6 Å². The van der Waals surface area contributed by atoms with Gasteiger partial charge in [0.15, 0.2) is 0 Å². The minimum absolute atomic E-state index is 0.986. The fourth-order valence-corrected chi connectivity index (χ4v) is 2.07. The SMILES string of the molecule is Cc1nc(-c2ccc[nH]2)sc1S. The van der Waals surface area contributed by atoms with Crippen molar-refractivity contribution in [1.82, 2.24) is 9.97 Å². The number of nitrogens with zero attached hydrogens (tertiary/aromatic N) is 1. The zero-order valence-corrected chi connectivity index (χ0v) is 8.25. The molecule has 1 N–H and O–H groups in total. The molecule has 0 aliphatic rings. The average Bonchev–Trinajstić information content (AvgIpc) is 2.61. The lowest BCUT2D eigenvalue weighted by Crippen LogP contribution is -1.75. The lowest BCUT2D eigenvalue weighted by Gasteiger charge is -1.86. The first kappa shape index (κ1) is 7.89. The first-order valence-electron chi connectivity index (χ1n) is 3.57. The summed E-state index contributed by atoms with van der Waals surface area (Å²) in [5.41, 5.74) is 2.05. The number of aromatic amines is 1. The molecule has 12 heavy (non-hydrogen) atoms. The highest BCUT2D eigenvalue weighted by Gasteiger charge is 2.05. The van der Waals surface area contributed by atoms with Crippen LogP contribution in [0.1, 0.15) is 5.69 Å². The second-order valence-electron chi connectivity index (χ2n) is 2.49. The maximum absolute atomic E-state index is 4.36. The van der Waals surface area contributed by atoms with E-state index < -0.39 is 0 Å².